The second-order valence-electron chi connectivity index (χ2n) is 3.69. The van der Waals surface area contributed by atoms with E-state index in [-0.39, 0.29) is 0 Å². The number of nitrogens with zero attached hydrogens (tertiary/aromatic N) is 5. The predicted molar refractivity (Wildman–Crippen MR) is 60.0 cm³/mol. The molecule has 0 aromatic carbocycles. The molecule has 0 aliphatic heterocycles. The number of hydrogen-bond donors (Lipinski definition) is 1. The molecule has 0 saturated carbocycles. The lowest BCUT2D eigenvalue weighted by atomic mass is 10.2. The van der Waals surface area contributed by atoms with Gasteiger partial charge in [0.25, 0.3) is 0 Å². The molecule has 6 heteroatoms. The molecule has 6 nitrogen and oxygen atoms in total. The number of hydrogen-bond acceptors (Lipinski definition) is 4. The number of aromatic amines is 1. The van der Waals surface area contributed by atoms with Crippen molar-refractivity contribution in [1.82, 2.24) is 24.8 Å². The average Bonchev–Trinajstić information content (AvgIpc) is 2.94. The maximum atomic E-state index is 8.81. The molecule has 0 unspecified atom stereocenters. The molecule has 3 heterocycles. The fourth-order valence-electron chi connectivity index (χ4n) is 1.72. The van der Waals surface area contributed by atoms with Crippen LogP contribution in [0.5, 0.6) is 0 Å². The Morgan fingerprint density at radius 2 is 2.29 bits per heavy atom. The summed E-state index contributed by atoms with van der Waals surface area (Å²) in [5, 5.41) is 23.8. The molecule has 0 atom stereocenters. The van der Waals surface area contributed by atoms with Crippen LogP contribution in [0, 0.1) is 18.3 Å². The lowest BCUT2D eigenvalue weighted by Gasteiger charge is -1.97. The molecule has 0 bridgehead atoms. The third-order valence-corrected chi connectivity index (χ3v) is 2.61. The van der Waals surface area contributed by atoms with E-state index in [0.29, 0.717) is 11.2 Å². The minimum absolute atomic E-state index is 0.570. The molecule has 0 saturated heterocycles. The van der Waals surface area contributed by atoms with Gasteiger partial charge in [0.2, 0.25) is 0 Å². The fourth-order valence-corrected chi connectivity index (χ4v) is 1.72. The smallest absolute Gasteiger partial charge is 0.171 e. The number of nitrogens with one attached hydrogen (secondary N) is 1. The van der Waals surface area contributed by atoms with Gasteiger partial charge < -0.3 is 0 Å². The number of rotatable bonds is 1. The van der Waals surface area contributed by atoms with E-state index in [1.807, 2.05) is 11.3 Å². The molecule has 82 valence electrons. The first-order valence-electron chi connectivity index (χ1n) is 5.05. The lowest BCUT2D eigenvalue weighted by Crippen LogP contribution is -1.90. The third-order valence-electron chi connectivity index (χ3n) is 2.61. The summed E-state index contributed by atoms with van der Waals surface area (Å²) >= 11 is 0. The fraction of sp³-hybridized carbons (Fsp3) is 0.0909. The summed E-state index contributed by atoms with van der Waals surface area (Å²) in [4.78, 5) is 0. The highest BCUT2D eigenvalue weighted by Crippen LogP contribution is 2.20. The van der Waals surface area contributed by atoms with Gasteiger partial charge in [-0.15, -0.1) is 10.2 Å². The number of aromatic nitrogens is 5. The van der Waals surface area contributed by atoms with E-state index in [2.05, 4.69) is 26.5 Å². The van der Waals surface area contributed by atoms with Crippen LogP contribution in [0.4, 0.5) is 0 Å². The zero-order valence-electron chi connectivity index (χ0n) is 9.05. The Kier molecular flexibility index (Phi) is 1.92. The summed E-state index contributed by atoms with van der Waals surface area (Å²) in [5.41, 5.74) is 3.06. The maximum absolute atomic E-state index is 8.81. The molecule has 3 rings (SSSR count). The van der Waals surface area contributed by atoms with Crippen molar-refractivity contribution in [2.45, 2.75) is 6.92 Å². The predicted octanol–water partition coefficient (Wildman–Crippen LogP) is 1.30. The van der Waals surface area contributed by atoms with Gasteiger partial charge in [0.05, 0.1) is 23.4 Å². The van der Waals surface area contributed by atoms with Gasteiger partial charge in [-0.3, -0.25) is 9.50 Å². The van der Waals surface area contributed by atoms with E-state index in [9.17, 15) is 0 Å². The Balaban J connectivity index is 2.27. The zero-order valence-corrected chi connectivity index (χ0v) is 9.05. The standard InChI is InChI=1S/C11H8N6/c1-7-9(6-13-14-7)11-16-15-10-4-8(5-12)2-3-17(10)11/h2-4,6H,1H3,(H,13,14). The van der Waals surface area contributed by atoms with Gasteiger partial charge in [-0.05, 0) is 13.0 Å². The van der Waals surface area contributed by atoms with Crippen LogP contribution in [0.3, 0.4) is 0 Å². The Labute approximate surface area is 96.5 Å². The Hall–Kier alpha value is -2.68. The van der Waals surface area contributed by atoms with Gasteiger partial charge in [0, 0.05) is 18.0 Å². The molecule has 0 spiro atoms. The first-order chi connectivity index (χ1) is 8.29. The van der Waals surface area contributed by atoms with Crippen LogP contribution in [0.15, 0.2) is 24.5 Å². The average molecular weight is 224 g/mol. The first kappa shape index (κ1) is 9.54. The minimum Gasteiger partial charge on any atom is -0.282 e. The van der Waals surface area contributed by atoms with Crippen LogP contribution in [0.2, 0.25) is 0 Å². The molecule has 1 N–H and O–H groups in total. The topological polar surface area (TPSA) is 82.7 Å². The van der Waals surface area contributed by atoms with Crippen molar-refractivity contribution in [2.24, 2.45) is 0 Å². The number of pyridine rings is 1. The van der Waals surface area contributed by atoms with Gasteiger partial charge in [0.15, 0.2) is 11.5 Å². The lowest BCUT2D eigenvalue weighted by molar-refractivity contribution is 1.04. The van der Waals surface area contributed by atoms with E-state index in [1.165, 1.54) is 0 Å². The molecular formula is C11H8N6. The van der Waals surface area contributed by atoms with Crippen LogP contribution in [-0.2, 0) is 0 Å². The summed E-state index contributed by atoms with van der Waals surface area (Å²) in [6, 6.07) is 5.51. The summed E-state index contributed by atoms with van der Waals surface area (Å²) in [7, 11) is 0. The van der Waals surface area contributed by atoms with Crippen LogP contribution in [0.1, 0.15) is 11.3 Å². The highest BCUT2D eigenvalue weighted by molar-refractivity contribution is 5.61. The first-order valence-corrected chi connectivity index (χ1v) is 5.05. The monoisotopic (exact) mass is 224 g/mol. The van der Waals surface area contributed by atoms with Crippen molar-refractivity contribution in [1.29, 1.82) is 5.26 Å². The van der Waals surface area contributed by atoms with Gasteiger partial charge in [-0.2, -0.15) is 10.4 Å². The van der Waals surface area contributed by atoms with Crippen molar-refractivity contribution >= 4 is 5.65 Å². The van der Waals surface area contributed by atoms with Crippen molar-refractivity contribution in [3.8, 4) is 17.5 Å². The molecule has 0 fully saturated rings. The highest BCUT2D eigenvalue weighted by Gasteiger charge is 2.11. The second-order valence-corrected chi connectivity index (χ2v) is 3.69. The van der Waals surface area contributed by atoms with Gasteiger partial charge >= 0.3 is 0 Å². The molecule has 3 aromatic heterocycles. The SMILES string of the molecule is Cc1[nH]ncc1-c1nnc2cc(C#N)ccn12. The zero-order chi connectivity index (χ0) is 11.8. The van der Waals surface area contributed by atoms with Crippen LogP contribution in [-0.4, -0.2) is 24.8 Å². The van der Waals surface area contributed by atoms with Gasteiger partial charge in [-0.1, -0.05) is 0 Å². The van der Waals surface area contributed by atoms with E-state index >= 15 is 0 Å². The quantitative estimate of drug-likeness (QED) is 0.675. The molecule has 17 heavy (non-hydrogen) atoms. The highest BCUT2D eigenvalue weighted by atomic mass is 15.2. The van der Waals surface area contributed by atoms with Crippen molar-refractivity contribution in [3.05, 3.63) is 35.8 Å². The van der Waals surface area contributed by atoms with Crippen molar-refractivity contribution in [2.75, 3.05) is 0 Å². The van der Waals surface area contributed by atoms with E-state index in [0.717, 1.165) is 17.1 Å². The van der Waals surface area contributed by atoms with E-state index in [4.69, 9.17) is 5.26 Å². The summed E-state index contributed by atoms with van der Waals surface area (Å²) in [6.45, 7) is 1.92. The minimum atomic E-state index is 0.570. The van der Waals surface area contributed by atoms with Crippen molar-refractivity contribution < 1.29 is 0 Å². The normalized spacial score (nSPS) is 10.6. The van der Waals surface area contributed by atoms with Crippen LogP contribution < -0.4 is 0 Å². The Bertz CT molecular complexity index is 730. The number of H-pyrrole nitrogens is 1. The van der Waals surface area contributed by atoms with Gasteiger partial charge in [-0.25, -0.2) is 0 Å². The summed E-state index contributed by atoms with van der Waals surface area (Å²) < 4.78 is 1.83. The molecular weight excluding hydrogens is 216 g/mol. The molecule has 0 aliphatic carbocycles. The third kappa shape index (κ3) is 1.37. The van der Waals surface area contributed by atoms with E-state index in [1.54, 1.807) is 24.5 Å². The van der Waals surface area contributed by atoms with Crippen LogP contribution in [0.25, 0.3) is 17.0 Å². The summed E-state index contributed by atoms with van der Waals surface area (Å²) in [6.07, 6.45) is 3.50. The Morgan fingerprint density at radius 1 is 1.41 bits per heavy atom. The number of nitriles is 1. The molecule has 3 aromatic rings. The summed E-state index contributed by atoms with van der Waals surface area (Å²) in [5.74, 6) is 0.718. The van der Waals surface area contributed by atoms with Crippen LogP contribution >= 0.6 is 0 Å². The number of fused-ring (bicyclic) bond motifs is 1. The van der Waals surface area contributed by atoms with Crippen molar-refractivity contribution in [3.63, 3.8) is 0 Å². The molecule has 0 amide bonds. The largest absolute Gasteiger partial charge is 0.282 e. The van der Waals surface area contributed by atoms with Gasteiger partial charge in [0.1, 0.15) is 0 Å². The maximum Gasteiger partial charge on any atom is 0.171 e. The van der Waals surface area contributed by atoms with E-state index < -0.39 is 0 Å². The second kappa shape index (κ2) is 3.42. The molecule has 0 radical (unpaired) electrons. The Morgan fingerprint density at radius 3 is 3.00 bits per heavy atom. The number of aryl methyl sites for hydroxylation is 1. The molecule has 0 aliphatic rings.